The molecule has 3 aromatic carbocycles. The van der Waals surface area contributed by atoms with Crippen molar-refractivity contribution in [2.75, 3.05) is 11.4 Å². The monoisotopic (exact) mass is 653 g/mol. The molecule has 5 rings (SSSR count). The van der Waals surface area contributed by atoms with E-state index in [-0.39, 0.29) is 17.8 Å². The number of rotatable bonds is 7. The Morgan fingerprint density at radius 1 is 1.04 bits per heavy atom. The lowest BCUT2D eigenvalue weighted by atomic mass is 9.81. The molecule has 13 heteroatoms. The summed E-state index contributed by atoms with van der Waals surface area (Å²) in [5.74, 6) is -2.62. The predicted molar refractivity (Wildman–Crippen MR) is 168 cm³/mol. The first-order valence-electron chi connectivity index (χ1n) is 14.4. The largest absolute Gasteiger partial charge is 0.591 e. The highest BCUT2D eigenvalue weighted by molar-refractivity contribution is 7.91. The Morgan fingerprint density at radius 3 is 2.33 bits per heavy atom. The molecular weight excluding hydrogens is 622 g/mol. The van der Waals surface area contributed by atoms with Crippen LogP contribution in [0.1, 0.15) is 66.4 Å². The van der Waals surface area contributed by atoms with Crippen molar-refractivity contribution in [1.29, 1.82) is 0 Å². The molecule has 2 amide bonds. The number of aromatic nitrogens is 2. The number of nitrogens with zero attached hydrogens (tertiary/aromatic N) is 4. The maximum atomic E-state index is 14.3. The molecular formula is C33H31F4N5O3S. The molecule has 0 aliphatic carbocycles. The zero-order valence-corrected chi connectivity index (χ0v) is 26.2. The number of benzene rings is 3. The van der Waals surface area contributed by atoms with Gasteiger partial charge in [0.05, 0.1) is 11.3 Å². The summed E-state index contributed by atoms with van der Waals surface area (Å²) in [5, 5.41) is 7.44. The van der Waals surface area contributed by atoms with E-state index >= 15 is 0 Å². The normalized spacial score (nSPS) is 17.7. The van der Waals surface area contributed by atoms with Crippen LogP contribution < -0.4 is 10.2 Å². The van der Waals surface area contributed by atoms with Gasteiger partial charge in [-0.15, -0.1) is 0 Å². The van der Waals surface area contributed by atoms with E-state index in [0.29, 0.717) is 28.7 Å². The molecule has 0 saturated carbocycles. The Morgan fingerprint density at radius 2 is 1.72 bits per heavy atom. The van der Waals surface area contributed by atoms with Crippen molar-refractivity contribution in [1.82, 2.24) is 15.1 Å². The smallest absolute Gasteiger partial charge is 0.416 e. The Bertz CT molecular complexity index is 1770. The van der Waals surface area contributed by atoms with Crippen LogP contribution in [0, 0.1) is 5.82 Å². The van der Waals surface area contributed by atoms with Crippen LogP contribution in [0.2, 0.25) is 0 Å². The molecule has 2 heterocycles. The Hall–Kier alpha value is -4.49. The number of nitrogens with one attached hydrogen (secondary N) is 1. The van der Waals surface area contributed by atoms with Crippen molar-refractivity contribution in [2.45, 2.75) is 50.6 Å². The highest BCUT2D eigenvalue weighted by Gasteiger charge is 2.46. The standard InChI is InChI=1S/C33H31F4N5O3S/c1-5-41-30-27(25(19-38-46(45)32(2,3)4)40-42(30)24-12-7-6-8-13-24)26(20-14-16-23(34)17-15-20)28(31(41)44)39-29(43)21-10-9-11-22(18-21)33(35,36)37/h6-19,26,28H,5H2,1-4H3,(H,39,43)/t26-,28-,46+/m1/s1. The van der Waals surface area contributed by atoms with Crippen molar-refractivity contribution in [2.24, 2.45) is 4.40 Å². The fourth-order valence-corrected chi connectivity index (χ4v) is 5.73. The molecule has 46 heavy (non-hydrogen) atoms. The van der Waals surface area contributed by atoms with Crippen molar-refractivity contribution < 1.29 is 31.7 Å². The number of hydrogen-bond acceptors (Lipinski definition) is 5. The van der Waals surface area contributed by atoms with Gasteiger partial charge < -0.3 is 9.87 Å². The van der Waals surface area contributed by atoms with Gasteiger partial charge in [-0.25, -0.2) is 9.07 Å². The average Bonchev–Trinajstić information content (AvgIpc) is 3.39. The van der Waals surface area contributed by atoms with Gasteiger partial charge in [0.2, 0.25) is 0 Å². The molecule has 4 aromatic rings. The molecule has 1 aliphatic heterocycles. The lowest BCUT2D eigenvalue weighted by Gasteiger charge is -2.38. The third-order valence-electron chi connectivity index (χ3n) is 7.44. The number of carbonyl (C=O) groups excluding carboxylic acids is 2. The molecule has 0 saturated heterocycles. The summed E-state index contributed by atoms with van der Waals surface area (Å²) in [5.41, 5.74) is 0.399. The van der Waals surface area contributed by atoms with Gasteiger partial charge in [-0.05, 0) is 75.7 Å². The fraction of sp³-hybridized carbons (Fsp3) is 0.273. The Labute approximate surface area is 266 Å². The summed E-state index contributed by atoms with van der Waals surface area (Å²) in [4.78, 5) is 29.2. The van der Waals surface area contributed by atoms with E-state index < -0.39 is 57.4 Å². The summed E-state index contributed by atoms with van der Waals surface area (Å²) in [6.07, 6.45) is -3.33. The molecule has 1 aliphatic rings. The van der Waals surface area contributed by atoms with Crippen LogP contribution >= 0.6 is 0 Å². The number of carbonyl (C=O) groups is 2. The molecule has 0 bridgehead atoms. The number of fused-ring (bicyclic) bond motifs is 1. The maximum absolute atomic E-state index is 14.3. The van der Waals surface area contributed by atoms with Gasteiger partial charge in [0.15, 0.2) is 0 Å². The van der Waals surface area contributed by atoms with Crippen LogP contribution in [-0.2, 0) is 22.3 Å². The van der Waals surface area contributed by atoms with Crippen LogP contribution in [0.25, 0.3) is 5.69 Å². The van der Waals surface area contributed by atoms with Gasteiger partial charge in [-0.1, -0.05) is 40.8 Å². The van der Waals surface area contributed by atoms with Gasteiger partial charge in [0, 0.05) is 23.6 Å². The van der Waals surface area contributed by atoms with Gasteiger partial charge in [0.1, 0.15) is 45.7 Å². The zero-order chi connectivity index (χ0) is 33.4. The van der Waals surface area contributed by atoms with Crippen LogP contribution in [0.4, 0.5) is 23.4 Å². The van der Waals surface area contributed by atoms with E-state index in [1.54, 1.807) is 56.6 Å². The third-order valence-corrected chi connectivity index (χ3v) is 8.78. The summed E-state index contributed by atoms with van der Waals surface area (Å²) in [6.45, 7) is 7.15. The van der Waals surface area contributed by atoms with Crippen LogP contribution in [0.3, 0.4) is 0 Å². The summed E-state index contributed by atoms with van der Waals surface area (Å²) in [7, 11) is 0. The molecule has 1 N–H and O–H groups in total. The molecule has 240 valence electrons. The number of amides is 2. The second-order valence-electron chi connectivity index (χ2n) is 11.6. The van der Waals surface area contributed by atoms with E-state index in [4.69, 9.17) is 5.10 Å². The van der Waals surface area contributed by atoms with E-state index in [9.17, 15) is 31.7 Å². The van der Waals surface area contributed by atoms with Gasteiger partial charge in [0.25, 0.3) is 11.8 Å². The van der Waals surface area contributed by atoms with Crippen molar-refractivity contribution in [3.63, 3.8) is 0 Å². The number of likely N-dealkylation sites (N-methyl/N-ethyl adjacent to an activating group) is 1. The molecule has 0 radical (unpaired) electrons. The zero-order valence-electron chi connectivity index (χ0n) is 25.4. The molecule has 0 spiro atoms. The number of alkyl halides is 3. The Kier molecular flexibility index (Phi) is 9.09. The molecule has 0 unspecified atom stereocenters. The average molecular weight is 654 g/mol. The lowest BCUT2D eigenvalue weighted by Crippen LogP contribution is -2.55. The van der Waals surface area contributed by atoms with Crippen molar-refractivity contribution in [3.8, 4) is 5.69 Å². The minimum Gasteiger partial charge on any atom is -0.591 e. The predicted octanol–water partition coefficient (Wildman–Crippen LogP) is 6.21. The maximum Gasteiger partial charge on any atom is 0.416 e. The van der Waals surface area contributed by atoms with E-state index in [1.807, 2.05) is 6.07 Å². The second-order valence-corrected chi connectivity index (χ2v) is 13.5. The molecule has 1 aromatic heterocycles. The topological polar surface area (TPSA) is 103 Å². The highest BCUT2D eigenvalue weighted by atomic mass is 32.2. The van der Waals surface area contributed by atoms with Gasteiger partial charge in [-0.2, -0.15) is 18.3 Å². The summed E-state index contributed by atoms with van der Waals surface area (Å²) < 4.78 is 72.6. The number of para-hydroxylation sites is 1. The first-order valence-corrected chi connectivity index (χ1v) is 15.5. The van der Waals surface area contributed by atoms with Crippen molar-refractivity contribution >= 4 is 35.2 Å². The first kappa shape index (κ1) is 32.9. The van der Waals surface area contributed by atoms with Gasteiger partial charge >= 0.3 is 6.18 Å². The lowest BCUT2D eigenvalue weighted by molar-refractivity contribution is -0.137. The van der Waals surface area contributed by atoms with Crippen LogP contribution in [-0.4, -0.2) is 49.7 Å². The van der Waals surface area contributed by atoms with E-state index in [1.165, 1.54) is 41.4 Å². The third kappa shape index (κ3) is 6.56. The number of halogens is 4. The van der Waals surface area contributed by atoms with Crippen molar-refractivity contribution in [3.05, 3.63) is 113 Å². The number of anilines is 1. The summed E-state index contributed by atoms with van der Waals surface area (Å²) in [6, 6.07) is 16.9. The molecule has 3 atom stereocenters. The molecule has 8 nitrogen and oxygen atoms in total. The van der Waals surface area contributed by atoms with Crippen LogP contribution in [0.15, 0.2) is 83.3 Å². The van der Waals surface area contributed by atoms with E-state index in [0.717, 1.165) is 12.1 Å². The van der Waals surface area contributed by atoms with Crippen LogP contribution in [0.5, 0.6) is 0 Å². The molecule has 0 fully saturated rings. The number of hydrogen-bond donors (Lipinski definition) is 1. The van der Waals surface area contributed by atoms with E-state index in [2.05, 4.69) is 9.71 Å². The summed E-state index contributed by atoms with van der Waals surface area (Å²) >= 11 is -1.67. The highest BCUT2D eigenvalue weighted by Crippen LogP contribution is 2.43. The van der Waals surface area contributed by atoms with Gasteiger partial charge in [-0.3, -0.25) is 14.5 Å². The SMILES string of the molecule is CCN1C(=O)[C@H](NC(=O)c2cccc(C(F)(F)F)c2)[C@H](c2ccc(F)cc2)c2c(C=N[S@@+]([O-])C(C)(C)C)nn(-c3ccccc3)c21. The second kappa shape index (κ2) is 12.7. The minimum absolute atomic E-state index is 0.140. The minimum atomic E-state index is -4.69. The Balaban J connectivity index is 1.73. The quantitative estimate of drug-likeness (QED) is 0.146. The fourth-order valence-electron chi connectivity index (χ4n) is 5.22. The first-order chi connectivity index (χ1) is 21.7.